The van der Waals surface area contributed by atoms with Gasteiger partial charge in [-0.2, -0.15) is 4.31 Å². The molecular formula is C25H27N3O4S. The standard InChI is InChI=1S/C25H27N3O4S/c1-4-28-23-9-7-6-8-21(23)22-16-18(10-15-24(22)28)26-25(29)17-27(3)33(30,31)20-13-11-19(12-14-20)32-5-2/h6-16H,4-5,17H2,1-3H3,(H,26,29). The van der Waals surface area contributed by atoms with Gasteiger partial charge in [-0.15, -0.1) is 0 Å². The number of benzene rings is 3. The highest BCUT2D eigenvalue weighted by Crippen LogP contribution is 2.31. The zero-order valence-electron chi connectivity index (χ0n) is 18.9. The lowest BCUT2D eigenvalue weighted by molar-refractivity contribution is -0.116. The Morgan fingerprint density at radius 3 is 2.36 bits per heavy atom. The molecule has 0 bridgehead atoms. The quantitative estimate of drug-likeness (QED) is 0.416. The summed E-state index contributed by atoms with van der Waals surface area (Å²) in [4.78, 5) is 12.8. The lowest BCUT2D eigenvalue weighted by Crippen LogP contribution is -2.34. The average Bonchev–Trinajstić information content (AvgIpc) is 3.12. The van der Waals surface area contributed by atoms with E-state index in [0.717, 1.165) is 32.7 Å². The number of carbonyl (C=O) groups is 1. The number of amides is 1. The summed E-state index contributed by atoms with van der Waals surface area (Å²) in [6.45, 7) is 4.99. The molecule has 0 aliphatic heterocycles. The minimum atomic E-state index is -3.81. The van der Waals surface area contributed by atoms with Crippen molar-refractivity contribution in [1.82, 2.24) is 8.87 Å². The van der Waals surface area contributed by atoms with Gasteiger partial charge in [0.05, 0.1) is 18.0 Å². The molecule has 0 aliphatic carbocycles. The van der Waals surface area contributed by atoms with Crippen LogP contribution >= 0.6 is 0 Å². The van der Waals surface area contributed by atoms with E-state index in [0.29, 0.717) is 18.0 Å². The Balaban J connectivity index is 1.51. The number of nitrogens with zero attached hydrogens (tertiary/aromatic N) is 2. The van der Waals surface area contributed by atoms with E-state index in [9.17, 15) is 13.2 Å². The second-order valence-corrected chi connectivity index (χ2v) is 9.75. The van der Waals surface area contributed by atoms with Gasteiger partial charge in [0.2, 0.25) is 15.9 Å². The number of hydrogen-bond acceptors (Lipinski definition) is 4. The monoisotopic (exact) mass is 465 g/mol. The van der Waals surface area contributed by atoms with Crippen molar-refractivity contribution >= 4 is 43.4 Å². The number of likely N-dealkylation sites (N-methyl/N-ethyl adjacent to an activating group) is 1. The third-order valence-electron chi connectivity index (χ3n) is 5.58. The number of rotatable bonds is 8. The van der Waals surface area contributed by atoms with Gasteiger partial charge in [0, 0.05) is 41.1 Å². The predicted molar refractivity (Wildman–Crippen MR) is 131 cm³/mol. The number of carbonyl (C=O) groups excluding carboxylic acids is 1. The number of sulfonamides is 1. The summed E-state index contributed by atoms with van der Waals surface area (Å²) in [6, 6.07) is 20.1. The number of ether oxygens (including phenoxy) is 1. The molecule has 0 spiro atoms. The lowest BCUT2D eigenvalue weighted by atomic mass is 10.1. The predicted octanol–water partition coefficient (Wildman–Crippen LogP) is 4.47. The van der Waals surface area contributed by atoms with Gasteiger partial charge >= 0.3 is 0 Å². The Labute approximate surface area is 193 Å². The molecule has 1 amide bonds. The third kappa shape index (κ3) is 4.44. The van der Waals surface area contributed by atoms with Crippen LogP contribution in [0.25, 0.3) is 21.8 Å². The van der Waals surface area contributed by atoms with Gasteiger partial charge in [0.25, 0.3) is 0 Å². The van der Waals surface area contributed by atoms with E-state index in [-0.39, 0.29) is 11.4 Å². The van der Waals surface area contributed by atoms with Crippen molar-refractivity contribution in [3.8, 4) is 5.75 Å². The first-order chi connectivity index (χ1) is 15.8. The highest BCUT2D eigenvalue weighted by atomic mass is 32.2. The molecular weight excluding hydrogens is 438 g/mol. The SMILES string of the molecule is CCOc1ccc(S(=O)(=O)N(C)CC(=O)Nc2ccc3c(c2)c2ccccc2n3CC)cc1. The zero-order valence-corrected chi connectivity index (χ0v) is 19.7. The van der Waals surface area contributed by atoms with Gasteiger partial charge in [0.15, 0.2) is 0 Å². The normalized spacial score (nSPS) is 11.9. The maximum atomic E-state index is 12.8. The van der Waals surface area contributed by atoms with Crippen LogP contribution in [-0.2, 0) is 21.4 Å². The molecule has 33 heavy (non-hydrogen) atoms. The van der Waals surface area contributed by atoms with Gasteiger partial charge in [-0.05, 0) is 62.4 Å². The summed E-state index contributed by atoms with van der Waals surface area (Å²) in [5.74, 6) is 0.183. The van der Waals surface area contributed by atoms with Crippen LogP contribution in [0.3, 0.4) is 0 Å². The first-order valence-corrected chi connectivity index (χ1v) is 12.3. The van der Waals surface area contributed by atoms with Gasteiger partial charge in [0.1, 0.15) is 5.75 Å². The van der Waals surface area contributed by atoms with Crippen molar-refractivity contribution in [3.05, 3.63) is 66.7 Å². The Morgan fingerprint density at radius 2 is 1.67 bits per heavy atom. The van der Waals surface area contributed by atoms with Crippen LogP contribution in [0.2, 0.25) is 0 Å². The number of aromatic nitrogens is 1. The molecule has 0 saturated heterocycles. The molecule has 1 heterocycles. The van der Waals surface area contributed by atoms with E-state index in [1.54, 1.807) is 12.1 Å². The second kappa shape index (κ2) is 9.25. The smallest absolute Gasteiger partial charge is 0.243 e. The maximum Gasteiger partial charge on any atom is 0.243 e. The number of para-hydroxylation sites is 1. The molecule has 1 N–H and O–H groups in total. The van der Waals surface area contributed by atoms with Crippen LogP contribution in [0.15, 0.2) is 71.6 Å². The fourth-order valence-electron chi connectivity index (χ4n) is 4.01. The second-order valence-electron chi connectivity index (χ2n) is 7.71. The van der Waals surface area contributed by atoms with E-state index < -0.39 is 15.9 Å². The molecule has 4 rings (SSSR count). The number of hydrogen-bond donors (Lipinski definition) is 1. The van der Waals surface area contributed by atoms with Crippen LogP contribution in [0.5, 0.6) is 5.75 Å². The first kappa shape index (κ1) is 22.8. The molecule has 7 nitrogen and oxygen atoms in total. The average molecular weight is 466 g/mol. The van der Waals surface area contributed by atoms with Crippen molar-refractivity contribution in [3.63, 3.8) is 0 Å². The molecule has 172 valence electrons. The van der Waals surface area contributed by atoms with Crippen LogP contribution in [0.1, 0.15) is 13.8 Å². The van der Waals surface area contributed by atoms with Gasteiger partial charge in [-0.3, -0.25) is 4.79 Å². The molecule has 1 aromatic heterocycles. The minimum Gasteiger partial charge on any atom is -0.494 e. The van der Waals surface area contributed by atoms with E-state index >= 15 is 0 Å². The number of anilines is 1. The molecule has 3 aromatic carbocycles. The maximum absolute atomic E-state index is 12.8. The Bertz CT molecular complexity index is 1410. The highest BCUT2D eigenvalue weighted by molar-refractivity contribution is 7.89. The summed E-state index contributed by atoms with van der Waals surface area (Å²) in [5, 5.41) is 4.99. The summed E-state index contributed by atoms with van der Waals surface area (Å²) in [5.41, 5.74) is 2.85. The summed E-state index contributed by atoms with van der Waals surface area (Å²) < 4.78 is 34.3. The van der Waals surface area contributed by atoms with Gasteiger partial charge in [-0.1, -0.05) is 18.2 Å². The largest absolute Gasteiger partial charge is 0.494 e. The molecule has 0 aliphatic rings. The Kier molecular flexibility index (Phi) is 6.40. The number of aryl methyl sites for hydroxylation is 1. The van der Waals surface area contributed by atoms with E-state index in [1.807, 2.05) is 37.3 Å². The van der Waals surface area contributed by atoms with Crippen molar-refractivity contribution in [2.75, 3.05) is 25.5 Å². The van der Waals surface area contributed by atoms with Crippen LogP contribution in [0, 0.1) is 0 Å². The molecule has 0 atom stereocenters. The first-order valence-electron chi connectivity index (χ1n) is 10.8. The molecule has 4 aromatic rings. The summed E-state index contributed by atoms with van der Waals surface area (Å²) in [7, 11) is -2.42. The van der Waals surface area contributed by atoms with E-state index in [1.165, 1.54) is 19.2 Å². The third-order valence-corrected chi connectivity index (χ3v) is 7.40. The minimum absolute atomic E-state index is 0.107. The lowest BCUT2D eigenvalue weighted by Gasteiger charge is -2.17. The Hall–Kier alpha value is -3.36. The number of nitrogens with one attached hydrogen (secondary N) is 1. The van der Waals surface area contributed by atoms with Crippen molar-refractivity contribution in [2.24, 2.45) is 0 Å². The fourth-order valence-corrected chi connectivity index (χ4v) is 5.14. The van der Waals surface area contributed by atoms with Gasteiger partial charge in [-0.25, -0.2) is 8.42 Å². The molecule has 0 saturated carbocycles. The van der Waals surface area contributed by atoms with E-state index in [4.69, 9.17) is 4.74 Å². The zero-order chi connectivity index (χ0) is 23.6. The topological polar surface area (TPSA) is 80.6 Å². The molecule has 8 heteroatoms. The van der Waals surface area contributed by atoms with Crippen LogP contribution in [-0.4, -0.2) is 43.4 Å². The molecule has 0 radical (unpaired) electrons. The van der Waals surface area contributed by atoms with Crippen molar-refractivity contribution in [2.45, 2.75) is 25.3 Å². The summed E-state index contributed by atoms with van der Waals surface area (Å²) >= 11 is 0. The Morgan fingerprint density at radius 1 is 0.970 bits per heavy atom. The van der Waals surface area contributed by atoms with Crippen LogP contribution in [0.4, 0.5) is 5.69 Å². The van der Waals surface area contributed by atoms with Crippen molar-refractivity contribution < 1.29 is 17.9 Å². The molecule has 0 fully saturated rings. The van der Waals surface area contributed by atoms with E-state index in [2.05, 4.69) is 28.9 Å². The van der Waals surface area contributed by atoms with Gasteiger partial charge < -0.3 is 14.6 Å². The summed E-state index contributed by atoms with van der Waals surface area (Å²) in [6.07, 6.45) is 0. The fraction of sp³-hybridized carbons (Fsp3) is 0.240. The number of fused-ring (bicyclic) bond motifs is 3. The van der Waals surface area contributed by atoms with Crippen LogP contribution < -0.4 is 10.1 Å². The molecule has 0 unspecified atom stereocenters. The van der Waals surface area contributed by atoms with Crippen molar-refractivity contribution in [1.29, 1.82) is 0 Å². The highest BCUT2D eigenvalue weighted by Gasteiger charge is 2.23.